The molecule has 0 aromatic heterocycles. The van der Waals surface area contributed by atoms with Crippen LogP contribution in [0, 0.1) is 11.8 Å². The van der Waals surface area contributed by atoms with Crippen LogP contribution >= 0.6 is 0 Å². The number of fused-ring (bicyclic) bond motifs is 1. The van der Waals surface area contributed by atoms with Gasteiger partial charge in [-0.15, -0.1) is 0 Å². The summed E-state index contributed by atoms with van der Waals surface area (Å²) in [6, 6.07) is 0. The largest absolute Gasteiger partial charge is 0.251 e. The fourth-order valence-electron chi connectivity index (χ4n) is 1.50. The molecule has 0 unspecified atom stereocenters. The molecular formula is C7H10O2. The standard InChI is InChI=1S/C7H10O2/c8-9-7-2-1-5-3-6(5)4-7/h1-2,5-8H,3-4H2/t5-,6-,7+/m1/s1. The molecule has 2 aliphatic carbocycles. The third-order valence-corrected chi connectivity index (χ3v) is 2.22. The summed E-state index contributed by atoms with van der Waals surface area (Å²) in [5.41, 5.74) is 0. The van der Waals surface area contributed by atoms with Crippen LogP contribution in [-0.2, 0) is 4.89 Å². The molecule has 50 valence electrons. The summed E-state index contributed by atoms with van der Waals surface area (Å²) >= 11 is 0. The van der Waals surface area contributed by atoms with Gasteiger partial charge in [-0.05, 0) is 24.7 Å². The van der Waals surface area contributed by atoms with Crippen molar-refractivity contribution in [1.82, 2.24) is 0 Å². The van der Waals surface area contributed by atoms with E-state index >= 15 is 0 Å². The molecule has 2 rings (SSSR count). The molecule has 0 aromatic carbocycles. The van der Waals surface area contributed by atoms with Crippen molar-refractivity contribution in [1.29, 1.82) is 0 Å². The van der Waals surface area contributed by atoms with E-state index in [0.29, 0.717) is 0 Å². The molecule has 3 atom stereocenters. The van der Waals surface area contributed by atoms with Gasteiger partial charge in [0.1, 0.15) is 6.10 Å². The van der Waals surface area contributed by atoms with E-state index in [9.17, 15) is 0 Å². The summed E-state index contributed by atoms with van der Waals surface area (Å²) < 4.78 is 0. The highest BCUT2D eigenvalue weighted by atomic mass is 17.1. The van der Waals surface area contributed by atoms with Gasteiger partial charge in [-0.1, -0.05) is 12.2 Å². The lowest BCUT2D eigenvalue weighted by molar-refractivity contribution is -0.268. The van der Waals surface area contributed by atoms with E-state index in [-0.39, 0.29) is 6.10 Å². The minimum absolute atomic E-state index is 0.0197. The lowest BCUT2D eigenvalue weighted by atomic mass is 10.1. The molecule has 0 bridgehead atoms. The Balaban J connectivity index is 2.00. The fourth-order valence-corrected chi connectivity index (χ4v) is 1.50. The Bertz CT molecular complexity index is 142. The molecule has 0 heterocycles. The summed E-state index contributed by atoms with van der Waals surface area (Å²) in [5, 5.41) is 8.28. The normalized spacial score (nSPS) is 46.6. The lowest BCUT2D eigenvalue weighted by Crippen LogP contribution is -2.11. The van der Waals surface area contributed by atoms with Gasteiger partial charge < -0.3 is 0 Å². The van der Waals surface area contributed by atoms with Gasteiger partial charge in [-0.3, -0.25) is 5.26 Å². The van der Waals surface area contributed by atoms with E-state index in [1.54, 1.807) is 0 Å². The Kier molecular flexibility index (Phi) is 1.10. The molecule has 2 aliphatic rings. The number of hydrogen-bond donors (Lipinski definition) is 1. The molecule has 0 aliphatic heterocycles. The first-order valence-electron chi connectivity index (χ1n) is 3.38. The van der Waals surface area contributed by atoms with Crippen LogP contribution < -0.4 is 0 Å². The van der Waals surface area contributed by atoms with Crippen molar-refractivity contribution in [2.75, 3.05) is 0 Å². The first kappa shape index (κ1) is 5.45. The van der Waals surface area contributed by atoms with Crippen LogP contribution in [0.15, 0.2) is 12.2 Å². The summed E-state index contributed by atoms with van der Waals surface area (Å²) in [4.78, 5) is 4.20. The van der Waals surface area contributed by atoms with Gasteiger partial charge in [-0.25, -0.2) is 4.89 Å². The van der Waals surface area contributed by atoms with Crippen molar-refractivity contribution in [2.24, 2.45) is 11.8 Å². The topological polar surface area (TPSA) is 29.5 Å². The third kappa shape index (κ3) is 0.884. The van der Waals surface area contributed by atoms with E-state index in [2.05, 4.69) is 11.0 Å². The molecule has 9 heavy (non-hydrogen) atoms. The minimum atomic E-state index is -0.0197. The molecule has 0 amide bonds. The Morgan fingerprint density at radius 3 is 2.89 bits per heavy atom. The second-order valence-electron chi connectivity index (χ2n) is 2.92. The highest BCUT2D eigenvalue weighted by Crippen LogP contribution is 2.46. The van der Waals surface area contributed by atoms with Crippen LogP contribution in [0.4, 0.5) is 0 Å². The lowest BCUT2D eigenvalue weighted by Gasteiger charge is -2.10. The molecule has 0 aromatic rings. The Hall–Kier alpha value is -0.340. The zero-order valence-corrected chi connectivity index (χ0v) is 5.16. The zero-order chi connectivity index (χ0) is 6.27. The highest BCUT2D eigenvalue weighted by molar-refractivity contribution is 5.10. The summed E-state index contributed by atoms with van der Waals surface area (Å²) in [6.45, 7) is 0. The maximum Gasteiger partial charge on any atom is 0.111 e. The first-order chi connectivity index (χ1) is 4.40. The molecule has 0 radical (unpaired) electrons. The maximum atomic E-state index is 8.28. The fraction of sp³-hybridized carbons (Fsp3) is 0.714. The zero-order valence-electron chi connectivity index (χ0n) is 5.16. The molecule has 2 nitrogen and oxygen atoms in total. The van der Waals surface area contributed by atoms with Crippen LogP contribution in [0.5, 0.6) is 0 Å². The van der Waals surface area contributed by atoms with Crippen LogP contribution in [0.3, 0.4) is 0 Å². The Morgan fingerprint density at radius 1 is 1.33 bits per heavy atom. The van der Waals surface area contributed by atoms with Gasteiger partial charge in [0.25, 0.3) is 0 Å². The molecule has 2 heteroatoms. The average Bonchev–Trinajstić information content (AvgIpc) is 2.64. The van der Waals surface area contributed by atoms with E-state index in [1.807, 2.05) is 6.08 Å². The van der Waals surface area contributed by atoms with Gasteiger partial charge in [0, 0.05) is 0 Å². The summed E-state index contributed by atoms with van der Waals surface area (Å²) in [6.07, 6.45) is 6.39. The van der Waals surface area contributed by atoms with Crippen molar-refractivity contribution >= 4 is 0 Å². The van der Waals surface area contributed by atoms with Gasteiger partial charge >= 0.3 is 0 Å². The number of allylic oxidation sites excluding steroid dienone is 1. The van der Waals surface area contributed by atoms with Crippen molar-refractivity contribution < 1.29 is 10.1 Å². The van der Waals surface area contributed by atoms with Crippen LogP contribution in [0.25, 0.3) is 0 Å². The van der Waals surface area contributed by atoms with Crippen molar-refractivity contribution in [3.8, 4) is 0 Å². The summed E-state index contributed by atoms with van der Waals surface area (Å²) in [7, 11) is 0. The number of hydrogen-bond acceptors (Lipinski definition) is 2. The third-order valence-electron chi connectivity index (χ3n) is 2.22. The smallest absolute Gasteiger partial charge is 0.111 e. The molecule has 1 saturated carbocycles. The second kappa shape index (κ2) is 1.82. The quantitative estimate of drug-likeness (QED) is 0.327. The van der Waals surface area contributed by atoms with Crippen LogP contribution in [-0.4, -0.2) is 11.4 Å². The first-order valence-corrected chi connectivity index (χ1v) is 3.38. The van der Waals surface area contributed by atoms with E-state index in [4.69, 9.17) is 5.26 Å². The Morgan fingerprint density at radius 2 is 2.22 bits per heavy atom. The van der Waals surface area contributed by atoms with Crippen molar-refractivity contribution in [2.45, 2.75) is 18.9 Å². The van der Waals surface area contributed by atoms with E-state index < -0.39 is 0 Å². The molecule has 1 N–H and O–H groups in total. The molecule has 0 saturated heterocycles. The predicted octanol–water partition coefficient (Wildman–Crippen LogP) is 1.44. The minimum Gasteiger partial charge on any atom is -0.251 e. The molecular weight excluding hydrogens is 116 g/mol. The van der Waals surface area contributed by atoms with E-state index in [0.717, 1.165) is 18.3 Å². The van der Waals surface area contributed by atoms with E-state index in [1.165, 1.54) is 6.42 Å². The highest BCUT2D eigenvalue weighted by Gasteiger charge is 2.39. The average molecular weight is 126 g/mol. The Labute approximate surface area is 54.1 Å². The van der Waals surface area contributed by atoms with Gasteiger partial charge in [0.2, 0.25) is 0 Å². The summed E-state index contributed by atoms with van der Waals surface area (Å²) in [5.74, 6) is 1.63. The monoisotopic (exact) mass is 126 g/mol. The van der Waals surface area contributed by atoms with Crippen LogP contribution in [0.2, 0.25) is 0 Å². The molecule has 1 fully saturated rings. The van der Waals surface area contributed by atoms with Gasteiger partial charge in [0.05, 0.1) is 0 Å². The maximum absolute atomic E-state index is 8.28. The number of rotatable bonds is 1. The van der Waals surface area contributed by atoms with Crippen molar-refractivity contribution in [3.05, 3.63) is 12.2 Å². The second-order valence-corrected chi connectivity index (χ2v) is 2.92. The van der Waals surface area contributed by atoms with Crippen LogP contribution in [0.1, 0.15) is 12.8 Å². The molecule has 0 spiro atoms. The SMILES string of the molecule is OO[C@H]1C=C[C@@H]2C[C@@H]2C1. The predicted molar refractivity (Wildman–Crippen MR) is 32.9 cm³/mol. The van der Waals surface area contributed by atoms with Gasteiger partial charge in [-0.2, -0.15) is 0 Å². The van der Waals surface area contributed by atoms with Crippen molar-refractivity contribution in [3.63, 3.8) is 0 Å². The van der Waals surface area contributed by atoms with Gasteiger partial charge in [0.15, 0.2) is 0 Å².